The predicted octanol–water partition coefficient (Wildman–Crippen LogP) is 3.88. The van der Waals surface area contributed by atoms with Crippen molar-refractivity contribution >= 4 is 28.4 Å². The molecule has 0 atom stereocenters. The minimum absolute atomic E-state index is 0.183. The molecular weight excluding hydrogens is 360 g/mol. The largest absolute Gasteiger partial charge is 0.457 e. The first-order valence-corrected chi connectivity index (χ1v) is 9.20. The van der Waals surface area contributed by atoms with Crippen LogP contribution < -0.4 is 10.2 Å². The van der Waals surface area contributed by atoms with E-state index in [4.69, 9.17) is 4.74 Å². The van der Waals surface area contributed by atoms with Gasteiger partial charge in [-0.1, -0.05) is 30.3 Å². The van der Waals surface area contributed by atoms with Crippen LogP contribution in [0.5, 0.6) is 11.5 Å². The van der Waals surface area contributed by atoms with E-state index < -0.39 is 0 Å². The number of fused-ring (bicyclic) bond motifs is 1. The Hall–Kier alpha value is -3.45. The van der Waals surface area contributed by atoms with Crippen molar-refractivity contribution in [2.75, 3.05) is 0 Å². The van der Waals surface area contributed by atoms with E-state index in [0.717, 1.165) is 16.3 Å². The van der Waals surface area contributed by atoms with Crippen LogP contribution in [0.3, 0.4) is 0 Å². The van der Waals surface area contributed by atoms with Crippen LogP contribution in [0.15, 0.2) is 77.5 Å². The molecule has 1 amide bonds. The molecule has 0 aliphatic carbocycles. The lowest BCUT2D eigenvalue weighted by atomic mass is 10.2. The van der Waals surface area contributed by atoms with Crippen LogP contribution >= 0.6 is 11.3 Å². The number of rotatable bonds is 6. The Balaban J connectivity index is 1.34. The fraction of sp³-hybridized carbons (Fsp3) is 0.0500. The van der Waals surface area contributed by atoms with Gasteiger partial charge in [-0.2, -0.15) is 5.10 Å². The van der Waals surface area contributed by atoms with Gasteiger partial charge in [-0.15, -0.1) is 11.3 Å². The van der Waals surface area contributed by atoms with E-state index in [1.807, 2.05) is 76.8 Å². The Morgan fingerprint density at radius 1 is 1.19 bits per heavy atom. The maximum absolute atomic E-state index is 12.0. The van der Waals surface area contributed by atoms with Gasteiger partial charge in [-0.25, -0.2) is 10.4 Å². The molecule has 0 saturated heterocycles. The molecule has 27 heavy (non-hydrogen) atoms. The summed E-state index contributed by atoms with van der Waals surface area (Å²) < 4.78 is 7.69. The summed E-state index contributed by atoms with van der Waals surface area (Å²) in [6.45, 7) is 0. The highest BCUT2D eigenvalue weighted by molar-refractivity contribution is 7.15. The van der Waals surface area contributed by atoms with E-state index in [9.17, 15) is 4.79 Å². The van der Waals surface area contributed by atoms with Crippen LogP contribution in [0.2, 0.25) is 0 Å². The topological polar surface area (TPSA) is 68.0 Å². The lowest BCUT2D eigenvalue weighted by Gasteiger charge is -2.05. The van der Waals surface area contributed by atoms with Gasteiger partial charge in [-0.3, -0.25) is 9.20 Å². The molecule has 0 saturated carbocycles. The summed E-state index contributed by atoms with van der Waals surface area (Å²) in [6, 6.07) is 17.0. The Bertz CT molecular complexity index is 1060. The molecule has 0 radical (unpaired) electrons. The Labute approximate surface area is 159 Å². The number of hydrazone groups is 1. The first kappa shape index (κ1) is 17.0. The fourth-order valence-corrected chi connectivity index (χ4v) is 3.25. The first-order chi connectivity index (χ1) is 13.3. The maximum atomic E-state index is 12.0. The number of amides is 1. The van der Waals surface area contributed by atoms with Crippen molar-refractivity contribution in [3.63, 3.8) is 0 Å². The van der Waals surface area contributed by atoms with Crippen molar-refractivity contribution in [2.45, 2.75) is 6.42 Å². The van der Waals surface area contributed by atoms with Crippen molar-refractivity contribution in [2.24, 2.45) is 5.10 Å². The van der Waals surface area contributed by atoms with Crippen LogP contribution in [0.1, 0.15) is 11.3 Å². The Kier molecular flexibility index (Phi) is 4.93. The third-order valence-corrected chi connectivity index (χ3v) is 4.50. The molecule has 2 heterocycles. The summed E-state index contributed by atoms with van der Waals surface area (Å²) in [6.07, 6.45) is 5.53. The van der Waals surface area contributed by atoms with E-state index in [2.05, 4.69) is 15.5 Å². The fourth-order valence-electron chi connectivity index (χ4n) is 2.53. The second kappa shape index (κ2) is 7.84. The normalized spacial score (nSPS) is 11.1. The quantitative estimate of drug-likeness (QED) is 0.410. The Morgan fingerprint density at radius 3 is 2.89 bits per heavy atom. The van der Waals surface area contributed by atoms with Gasteiger partial charge in [0.05, 0.1) is 18.3 Å². The molecule has 0 fully saturated rings. The monoisotopic (exact) mass is 376 g/mol. The number of nitrogens with zero attached hydrogens (tertiary/aromatic N) is 3. The molecule has 4 aromatic rings. The van der Waals surface area contributed by atoms with Crippen molar-refractivity contribution in [1.82, 2.24) is 14.8 Å². The maximum Gasteiger partial charge on any atom is 0.246 e. The first-order valence-electron chi connectivity index (χ1n) is 8.32. The van der Waals surface area contributed by atoms with E-state index in [0.29, 0.717) is 11.4 Å². The summed E-state index contributed by atoms with van der Waals surface area (Å²) in [7, 11) is 0. The lowest BCUT2D eigenvalue weighted by Crippen LogP contribution is -2.19. The van der Waals surface area contributed by atoms with Crippen LogP contribution in [-0.4, -0.2) is 21.5 Å². The summed E-state index contributed by atoms with van der Waals surface area (Å²) in [5.41, 5.74) is 4.07. The van der Waals surface area contributed by atoms with E-state index in [1.54, 1.807) is 6.21 Å². The smallest absolute Gasteiger partial charge is 0.246 e. The van der Waals surface area contributed by atoms with Gasteiger partial charge >= 0.3 is 0 Å². The average molecular weight is 376 g/mol. The predicted molar refractivity (Wildman–Crippen MR) is 105 cm³/mol. The zero-order chi connectivity index (χ0) is 18.5. The van der Waals surface area contributed by atoms with Gasteiger partial charge in [0, 0.05) is 17.8 Å². The molecule has 2 aromatic heterocycles. The molecule has 134 valence electrons. The number of aromatic nitrogens is 2. The molecule has 1 N–H and O–H groups in total. The number of ether oxygens (including phenoxy) is 1. The van der Waals surface area contributed by atoms with Crippen molar-refractivity contribution in [3.8, 4) is 11.5 Å². The van der Waals surface area contributed by atoms with E-state index >= 15 is 0 Å². The van der Waals surface area contributed by atoms with Crippen molar-refractivity contribution < 1.29 is 9.53 Å². The lowest BCUT2D eigenvalue weighted by molar-refractivity contribution is -0.120. The molecule has 6 nitrogen and oxygen atoms in total. The van der Waals surface area contributed by atoms with Gasteiger partial charge < -0.3 is 4.74 Å². The van der Waals surface area contributed by atoms with Gasteiger partial charge in [-0.05, 0) is 29.8 Å². The molecule has 0 spiro atoms. The molecule has 4 rings (SSSR count). The van der Waals surface area contributed by atoms with Crippen molar-refractivity contribution in [1.29, 1.82) is 0 Å². The highest BCUT2D eigenvalue weighted by Gasteiger charge is 2.07. The standard InChI is InChI=1S/C20H16N4O2S/c25-19(12-16-14-24-9-10-27-20(24)22-16)23-21-13-15-5-4-8-18(11-15)26-17-6-2-1-3-7-17/h1-11,13-14H,12H2,(H,23,25). The molecule has 0 aliphatic rings. The number of para-hydroxylation sites is 1. The highest BCUT2D eigenvalue weighted by Crippen LogP contribution is 2.21. The number of hydrogen-bond acceptors (Lipinski definition) is 5. The van der Waals surface area contributed by atoms with Crippen LogP contribution in [-0.2, 0) is 11.2 Å². The van der Waals surface area contributed by atoms with E-state index in [1.165, 1.54) is 11.3 Å². The van der Waals surface area contributed by atoms with Crippen LogP contribution in [0, 0.1) is 0 Å². The molecule has 0 aliphatic heterocycles. The zero-order valence-corrected chi connectivity index (χ0v) is 15.1. The highest BCUT2D eigenvalue weighted by atomic mass is 32.1. The summed E-state index contributed by atoms with van der Waals surface area (Å²) in [5.74, 6) is 1.25. The van der Waals surface area contributed by atoms with Gasteiger partial charge in [0.15, 0.2) is 4.96 Å². The molecule has 7 heteroatoms. The molecule has 2 aromatic carbocycles. The summed E-state index contributed by atoms with van der Waals surface area (Å²) >= 11 is 1.53. The average Bonchev–Trinajstić information content (AvgIpc) is 3.24. The minimum Gasteiger partial charge on any atom is -0.457 e. The third kappa shape index (κ3) is 4.39. The van der Waals surface area contributed by atoms with Crippen LogP contribution in [0.4, 0.5) is 0 Å². The zero-order valence-electron chi connectivity index (χ0n) is 14.3. The van der Waals surface area contributed by atoms with E-state index in [-0.39, 0.29) is 12.3 Å². The Morgan fingerprint density at radius 2 is 2.04 bits per heavy atom. The van der Waals surface area contributed by atoms with Crippen molar-refractivity contribution in [3.05, 3.63) is 83.6 Å². The number of thiazole rings is 1. The molecular formula is C20H16N4O2S. The number of carbonyl (C=O) groups excluding carboxylic acids is 1. The number of imidazole rings is 1. The van der Waals surface area contributed by atoms with Gasteiger partial charge in [0.25, 0.3) is 0 Å². The number of carbonyl (C=O) groups is 1. The number of nitrogens with one attached hydrogen (secondary N) is 1. The van der Waals surface area contributed by atoms with Gasteiger partial charge in [0.2, 0.25) is 5.91 Å². The molecule has 0 unspecified atom stereocenters. The number of hydrogen-bond donors (Lipinski definition) is 1. The minimum atomic E-state index is -0.214. The second-order valence-electron chi connectivity index (χ2n) is 5.78. The van der Waals surface area contributed by atoms with Gasteiger partial charge in [0.1, 0.15) is 11.5 Å². The SMILES string of the molecule is O=C(Cc1cn2ccsc2n1)NN=Cc1cccc(Oc2ccccc2)c1. The number of benzene rings is 2. The summed E-state index contributed by atoms with van der Waals surface area (Å²) in [4.78, 5) is 17.3. The third-order valence-electron chi connectivity index (χ3n) is 3.72. The summed E-state index contributed by atoms with van der Waals surface area (Å²) in [5, 5.41) is 5.97. The molecule has 0 bridgehead atoms. The van der Waals surface area contributed by atoms with Crippen LogP contribution in [0.25, 0.3) is 4.96 Å². The second-order valence-corrected chi connectivity index (χ2v) is 6.66.